The summed E-state index contributed by atoms with van der Waals surface area (Å²) in [5.41, 5.74) is 2.81. The Hall–Kier alpha value is -2.34. The highest BCUT2D eigenvalue weighted by molar-refractivity contribution is 7.92. The quantitative estimate of drug-likeness (QED) is 0.715. The van der Waals surface area contributed by atoms with E-state index in [0.717, 1.165) is 5.56 Å². The maximum atomic E-state index is 12.1. The van der Waals surface area contributed by atoms with Gasteiger partial charge in [-0.1, -0.05) is 49.4 Å². The molecule has 0 aromatic heterocycles. The van der Waals surface area contributed by atoms with Gasteiger partial charge in [0.05, 0.1) is 11.9 Å². The van der Waals surface area contributed by atoms with Crippen LogP contribution in [0.4, 0.5) is 5.69 Å². The zero-order chi connectivity index (χ0) is 19.9. The van der Waals surface area contributed by atoms with E-state index >= 15 is 0 Å². The van der Waals surface area contributed by atoms with Crippen molar-refractivity contribution in [2.45, 2.75) is 32.6 Å². The van der Waals surface area contributed by atoms with Crippen molar-refractivity contribution in [2.24, 2.45) is 0 Å². The molecular formula is C21H28N2O3S. The fraction of sp³-hybridized carbons (Fsp3) is 0.381. The summed E-state index contributed by atoms with van der Waals surface area (Å²) in [6.45, 7) is 4.84. The van der Waals surface area contributed by atoms with Crippen LogP contribution in [-0.4, -0.2) is 33.7 Å². The molecule has 146 valence electrons. The average molecular weight is 389 g/mol. The first-order valence-electron chi connectivity index (χ1n) is 9.13. The van der Waals surface area contributed by atoms with Crippen molar-refractivity contribution >= 4 is 21.6 Å². The molecule has 1 N–H and O–H groups in total. The Morgan fingerprint density at radius 1 is 1.11 bits per heavy atom. The molecule has 0 saturated carbocycles. The largest absolute Gasteiger partial charge is 0.356 e. The summed E-state index contributed by atoms with van der Waals surface area (Å²) in [4.78, 5) is 12.1. The number of hydrogen-bond donors (Lipinski definition) is 1. The third kappa shape index (κ3) is 6.71. The molecule has 2 aromatic carbocycles. The summed E-state index contributed by atoms with van der Waals surface area (Å²) in [5.74, 6) is 0.172. The van der Waals surface area contributed by atoms with Gasteiger partial charge in [-0.05, 0) is 42.5 Å². The number of anilines is 1. The number of nitrogens with zero attached hydrogens (tertiary/aromatic N) is 1. The van der Waals surface area contributed by atoms with Crippen LogP contribution >= 0.6 is 0 Å². The van der Waals surface area contributed by atoms with Crippen molar-refractivity contribution in [1.29, 1.82) is 0 Å². The number of benzene rings is 2. The first-order chi connectivity index (χ1) is 12.8. The van der Waals surface area contributed by atoms with E-state index in [1.807, 2.05) is 55.5 Å². The maximum Gasteiger partial charge on any atom is 0.232 e. The molecule has 1 amide bonds. The number of nitrogens with one attached hydrogen (secondary N) is 1. The SMILES string of the molecule is Cc1cccc(N(CCCC(=O)NC[C@@H](C)c2ccccc2)S(C)(=O)=O)c1. The Bertz CT molecular complexity index is 851. The van der Waals surface area contributed by atoms with Gasteiger partial charge in [-0.25, -0.2) is 8.42 Å². The third-order valence-electron chi connectivity index (χ3n) is 4.43. The van der Waals surface area contributed by atoms with Crippen molar-refractivity contribution in [3.63, 3.8) is 0 Å². The topological polar surface area (TPSA) is 66.5 Å². The van der Waals surface area contributed by atoms with E-state index in [-0.39, 0.29) is 18.4 Å². The van der Waals surface area contributed by atoms with E-state index < -0.39 is 10.0 Å². The molecule has 1 atom stereocenters. The lowest BCUT2D eigenvalue weighted by atomic mass is 10.0. The number of hydrogen-bond acceptors (Lipinski definition) is 3. The number of amides is 1. The molecule has 0 aliphatic heterocycles. The molecule has 0 unspecified atom stereocenters. The summed E-state index contributed by atoms with van der Waals surface area (Å²) in [6.07, 6.45) is 1.95. The molecule has 0 fully saturated rings. The summed E-state index contributed by atoms with van der Waals surface area (Å²) in [6, 6.07) is 17.4. The van der Waals surface area contributed by atoms with Gasteiger partial charge in [-0.2, -0.15) is 0 Å². The van der Waals surface area contributed by atoms with Crippen LogP contribution in [-0.2, 0) is 14.8 Å². The van der Waals surface area contributed by atoms with Crippen LogP contribution in [0.2, 0.25) is 0 Å². The van der Waals surface area contributed by atoms with Gasteiger partial charge in [-0.15, -0.1) is 0 Å². The summed E-state index contributed by atoms with van der Waals surface area (Å²) < 4.78 is 25.6. The van der Waals surface area contributed by atoms with Crippen LogP contribution in [0.3, 0.4) is 0 Å². The zero-order valence-corrected chi connectivity index (χ0v) is 17.0. The van der Waals surface area contributed by atoms with E-state index in [4.69, 9.17) is 0 Å². The van der Waals surface area contributed by atoms with Gasteiger partial charge in [0, 0.05) is 19.5 Å². The van der Waals surface area contributed by atoms with E-state index in [0.29, 0.717) is 25.1 Å². The maximum absolute atomic E-state index is 12.1. The van der Waals surface area contributed by atoms with Crippen molar-refractivity contribution in [2.75, 3.05) is 23.7 Å². The van der Waals surface area contributed by atoms with Crippen LogP contribution < -0.4 is 9.62 Å². The van der Waals surface area contributed by atoms with Gasteiger partial charge < -0.3 is 5.32 Å². The first-order valence-corrected chi connectivity index (χ1v) is 11.0. The highest BCUT2D eigenvalue weighted by atomic mass is 32.2. The molecule has 0 aliphatic carbocycles. The van der Waals surface area contributed by atoms with Crippen molar-refractivity contribution in [3.05, 3.63) is 65.7 Å². The smallest absolute Gasteiger partial charge is 0.232 e. The highest BCUT2D eigenvalue weighted by Gasteiger charge is 2.17. The molecule has 2 aromatic rings. The Labute approximate surface area is 162 Å². The minimum Gasteiger partial charge on any atom is -0.356 e. The molecule has 0 radical (unpaired) electrons. The molecule has 2 rings (SSSR count). The number of rotatable bonds is 9. The lowest BCUT2D eigenvalue weighted by Gasteiger charge is -2.22. The van der Waals surface area contributed by atoms with Crippen LogP contribution in [0, 0.1) is 6.92 Å². The number of sulfonamides is 1. The monoisotopic (exact) mass is 388 g/mol. The Balaban J connectivity index is 1.85. The minimum absolute atomic E-state index is 0.0597. The van der Waals surface area contributed by atoms with Crippen molar-refractivity contribution < 1.29 is 13.2 Å². The molecule has 0 spiro atoms. The lowest BCUT2D eigenvalue weighted by molar-refractivity contribution is -0.121. The Morgan fingerprint density at radius 2 is 1.81 bits per heavy atom. The van der Waals surface area contributed by atoms with Crippen LogP contribution in [0.15, 0.2) is 54.6 Å². The van der Waals surface area contributed by atoms with Crippen LogP contribution in [0.25, 0.3) is 0 Å². The van der Waals surface area contributed by atoms with Crippen LogP contribution in [0.1, 0.15) is 36.8 Å². The fourth-order valence-corrected chi connectivity index (χ4v) is 3.86. The second-order valence-corrected chi connectivity index (χ2v) is 8.80. The predicted octanol–water partition coefficient (Wildman–Crippen LogP) is 3.46. The average Bonchev–Trinajstić information content (AvgIpc) is 2.63. The van der Waals surface area contributed by atoms with E-state index in [1.54, 1.807) is 6.07 Å². The predicted molar refractivity (Wildman–Crippen MR) is 110 cm³/mol. The van der Waals surface area contributed by atoms with Crippen LogP contribution in [0.5, 0.6) is 0 Å². The molecule has 0 heterocycles. The van der Waals surface area contributed by atoms with E-state index in [1.165, 1.54) is 16.1 Å². The standard InChI is InChI=1S/C21H28N2O3S/c1-17-9-7-12-20(15-17)23(27(3,25)26)14-8-13-21(24)22-16-18(2)19-10-5-4-6-11-19/h4-7,9-12,15,18H,8,13-14,16H2,1-3H3,(H,22,24)/t18-/m1/s1. The van der Waals surface area contributed by atoms with Crippen molar-refractivity contribution in [3.8, 4) is 0 Å². The molecule has 27 heavy (non-hydrogen) atoms. The molecule has 0 aliphatic rings. The van der Waals surface area contributed by atoms with Gasteiger partial charge in [-0.3, -0.25) is 9.10 Å². The third-order valence-corrected chi connectivity index (χ3v) is 5.62. The zero-order valence-electron chi connectivity index (χ0n) is 16.2. The fourth-order valence-electron chi connectivity index (χ4n) is 2.91. The summed E-state index contributed by atoms with van der Waals surface area (Å²) in [7, 11) is -3.39. The Morgan fingerprint density at radius 3 is 2.44 bits per heavy atom. The highest BCUT2D eigenvalue weighted by Crippen LogP contribution is 2.19. The first kappa shape index (κ1) is 21.0. The normalized spacial score (nSPS) is 12.4. The van der Waals surface area contributed by atoms with E-state index in [2.05, 4.69) is 12.2 Å². The molecular weight excluding hydrogens is 360 g/mol. The molecule has 0 saturated heterocycles. The van der Waals surface area contributed by atoms with Gasteiger partial charge in [0.25, 0.3) is 0 Å². The number of aryl methyl sites for hydroxylation is 1. The van der Waals surface area contributed by atoms with Gasteiger partial charge in [0.15, 0.2) is 0 Å². The van der Waals surface area contributed by atoms with Crippen molar-refractivity contribution in [1.82, 2.24) is 5.32 Å². The number of carbonyl (C=O) groups excluding carboxylic acids is 1. The van der Waals surface area contributed by atoms with Gasteiger partial charge in [0.2, 0.25) is 15.9 Å². The summed E-state index contributed by atoms with van der Waals surface area (Å²) in [5, 5.41) is 2.94. The van der Waals surface area contributed by atoms with Gasteiger partial charge in [0.1, 0.15) is 0 Å². The lowest BCUT2D eigenvalue weighted by Crippen LogP contribution is -2.32. The minimum atomic E-state index is -3.39. The molecule has 6 heteroatoms. The van der Waals surface area contributed by atoms with Gasteiger partial charge >= 0.3 is 0 Å². The summed E-state index contributed by atoms with van der Waals surface area (Å²) >= 11 is 0. The van der Waals surface area contributed by atoms with E-state index in [9.17, 15) is 13.2 Å². The molecule has 0 bridgehead atoms. The Kier molecular flexibility index (Phi) is 7.42. The second kappa shape index (κ2) is 9.55. The second-order valence-electron chi connectivity index (χ2n) is 6.89. The molecule has 5 nitrogen and oxygen atoms in total. The number of carbonyl (C=O) groups is 1.